The van der Waals surface area contributed by atoms with Crippen molar-refractivity contribution in [1.82, 2.24) is 14.5 Å². The average molecular weight is 395 g/mol. The fourth-order valence-corrected chi connectivity index (χ4v) is 2.92. The molecule has 2 heterocycles. The standard InChI is InChI=1S/C21H15FN4O.ClH/c1-27-16-8-9-18-19(12-16)25-21(24-18)14(13-23)11-15-5-4-10-26(15)20-7-3-2-6-17(20)22;/h2-12H,1H3,(H,24,25);1H/b14-11-;. The van der Waals surface area contributed by atoms with Crippen molar-refractivity contribution in [2.45, 2.75) is 0 Å². The van der Waals surface area contributed by atoms with Crippen LogP contribution < -0.4 is 4.74 Å². The Hall–Kier alpha value is -3.56. The molecule has 0 aliphatic carbocycles. The number of nitriles is 1. The molecule has 5 nitrogen and oxygen atoms in total. The molecule has 0 bridgehead atoms. The first-order valence-corrected chi connectivity index (χ1v) is 8.28. The first kappa shape index (κ1) is 19.2. The lowest BCUT2D eigenvalue weighted by Gasteiger charge is -2.07. The van der Waals surface area contributed by atoms with Gasteiger partial charge in [-0.25, -0.2) is 9.37 Å². The number of aromatic nitrogens is 3. The number of hydrogen-bond acceptors (Lipinski definition) is 3. The molecule has 0 aliphatic heterocycles. The fourth-order valence-electron chi connectivity index (χ4n) is 2.92. The molecule has 0 saturated carbocycles. The molecule has 4 aromatic rings. The Kier molecular flexibility index (Phi) is 5.48. The minimum Gasteiger partial charge on any atom is -0.497 e. The highest BCUT2D eigenvalue weighted by molar-refractivity contribution is 5.90. The zero-order chi connectivity index (χ0) is 18.8. The number of ether oxygens (including phenoxy) is 1. The number of nitrogens with one attached hydrogen (secondary N) is 1. The highest BCUT2D eigenvalue weighted by Gasteiger charge is 2.11. The number of hydrogen-bond donors (Lipinski definition) is 1. The number of imidazole rings is 1. The molecule has 0 atom stereocenters. The predicted molar refractivity (Wildman–Crippen MR) is 109 cm³/mol. The number of para-hydroxylation sites is 1. The molecule has 0 fully saturated rings. The summed E-state index contributed by atoms with van der Waals surface area (Å²) >= 11 is 0. The summed E-state index contributed by atoms with van der Waals surface area (Å²) in [5.41, 5.74) is 2.95. The number of benzene rings is 2. The van der Waals surface area contributed by atoms with Gasteiger partial charge in [-0.15, -0.1) is 12.4 Å². The van der Waals surface area contributed by atoms with E-state index in [9.17, 15) is 9.65 Å². The third-order valence-electron chi connectivity index (χ3n) is 4.25. The van der Waals surface area contributed by atoms with E-state index in [0.29, 0.717) is 28.5 Å². The average Bonchev–Trinajstić information content (AvgIpc) is 3.32. The molecular weight excluding hydrogens is 379 g/mol. The molecule has 0 unspecified atom stereocenters. The molecule has 0 amide bonds. The van der Waals surface area contributed by atoms with E-state index in [1.165, 1.54) is 6.07 Å². The lowest BCUT2D eigenvalue weighted by molar-refractivity contribution is 0.415. The molecule has 4 rings (SSSR count). The van der Waals surface area contributed by atoms with Crippen LogP contribution in [0.5, 0.6) is 5.75 Å². The van der Waals surface area contributed by atoms with Crippen molar-refractivity contribution in [3.05, 3.63) is 78.1 Å². The quantitative estimate of drug-likeness (QED) is 0.496. The van der Waals surface area contributed by atoms with Gasteiger partial charge in [0.15, 0.2) is 0 Å². The van der Waals surface area contributed by atoms with E-state index in [-0.39, 0.29) is 18.2 Å². The van der Waals surface area contributed by atoms with Crippen LogP contribution in [-0.4, -0.2) is 21.6 Å². The molecule has 0 radical (unpaired) electrons. The SMILES string of the molecule is COc1ccc2nc(/C(C#N)=C\c3cccn3-c3ccccc3F)[nH]c2c1.Cl. The van der Waals surface area contributed by atoms with Gasteiger partial charge in [0.1, 0.15) is 23.5 Å². The Labute approximate surface area is 167 Å². The zero-order valence-corrected chi connectivity index (χ0v) is 15.7. The minimum atomic E-state index is -0.335. The second-order valence-corrected chi connectivity index (χ2v) is 5.89. The largest absolute Gasteiger partial charge is 0.497 e. The summed E-state index contributed by atoms with van der Waals surface area (Å²) in [7, 11) is 1.59. The van der Waals surface area contributed by atoms with E-state index in [2.05, 4.69) is 16.0 Å². The maximum absolute atomic E-state index is 14.1. The molecule has 0 saturated heterocycles. The number of rotatable bonds is 4. The summed E-state index contributed by atoms with van der Waals surface area (Å²) in [6.45, 7) is 0. The van der Waals surface area contributed by atoms with Gasteiger partial charge >= 0.3 is 0 Å². The summed E-state index contributed by atoms with van der Waals surface area (Å²) in [5.74, 6) is 0.813. The van der Waals surface area contributed by atoms with Gasteiger partial charge in [-0.1, -0.05) is 12.1 Å². The second kappa shape index (κ2) is 7.99. The third-order valence-corrected chi connectivity index (χ3v) is 4.25. The first-order chi connectivity index (χ1) is 13.2. The van der Waals surface area contributed by atoms with Crippen molar-refractivity contribution in [3.63, 3.8) is 0 Å². The Morgan fingerprint density at radius 2 is 2.04 bits per heavy atom. The van der Waals surface area contributed by atoms with Crippen LogP contribution in [0.1, 0.15) is 11.5 Å². The lowest BCUT2D eigenvalue weighted by atomic mass is 10.2. The van der Waals surface area contributed by atoms with Crippen LogP contribution in [0, 0.1) is 17.1 Å². The number of aromatic amines is 1. The molecular formula is C21H16ClFN4O. The van der Waals surface area contributed by atoms with Crippen LogP contribution in [-0.2, 0) is 0 Å². The first-order valence-electron chi connectivity index (χ1n) is 8.28. The van der Waals surface area contributed by atoms with Gasteiger partial charge in [-0.2, -0.15) is 5.26 Å². The Balaban J connectivity index is 0.00000225. The Morgan fingerprint density at radius 3 is 2.79 bits per heavy atom. The van der Waals surface area contributed by atoms with E-state index < -0.39 is 0 Å². The number of methoxy groups -OCH3 is 1. The predicted octanol–water partition coefficient (Wildman–Crippen LogP) is 4.99. The van der Waals surface area contributed by atoms with Gasteiger partial charge in [0.2, 0.25) is 0 Å². The van der Waals surface area contributed by atoms with Crippen LogP contribution in [0.25, 0.3) is 28.4 Å². The highest BCUT2D eigenvalue weighted by atomic mass is 35.5. The Bertz CT molecular complexity index is 1200. The van der Waals surface area contributed by atoms with E-state index in [0.717, 1.165) is 11.0 Å². The van der Waals surface area contributed by atoms with Gasteiger partial charge in [0, 0.05) is 18.0 Å². The zero-order valence-electron chi connectivity index (χ0n) is 14.9. The van der Waals surface area contributed by atoms with Crippen molar-refractivity contribution < 1.29 is 9.13 Å². The molecule has 0 spiro atoms. The molecule has 28 heavy (non-hydrogen) atoms. The van der Waals surface area contributed by atoms with Crippen LogP contribution in [0.4, 0.5) is 4.39 Å². The molecule has 140 valence electrons. The molecule has 1 N–H and O–H groups in total. The van der Waals surface area contributed by atoms with Crippen LogP contribution >= 0.6 is 12.4 Å². The topological polar surface area (TPSA) is 66.6 Å². The molecule has 2 aromatic carbocycles. The van der Waals surface area contributed by atoms with Gasteiger partial charge in [0.25, 0.3) is 0 Å². The van der Waals surface area contributed by atoms with Crippen LogP contribution in [0.3, 0.4) is 0 Å². The van der Waals surface area contributed by atoms with Crippen molar-refractivity contribution in [3.8, 4) is 17.5 Å². The van der Waals surface area contributed by atoms with E-state index in [1.807, 2.05) is 24.3 Å². The maximum atomic E-state index is 14.1. The molecule has 7 heteroatoms. The van der Waals surface area contributed by atoms with Gasteiger partial charge < -0.3 is 14.3 Å². The van der Waals surface area contributed by atoms with Crippen molar-refractivity contribution in [2.75, 3.05) is 7.11 Å². The van der Waals surface area contributed by atoms with Gasteiger partial charge in [-0.05, 0) is 42.5 Å². The monoisotopic (exact) mass is 394 g/mol. The van der Waals surface area contributed by atoms with E-state index in [4.69, 9.17) is 4.74 Å². The number of halogens is 2. The lowest BCUT2D eigenvalue weighted by Crippen LogP contribution is -1.98. The normalized spacial score (nSPS) is 11.1. The minimum absolute atomic E-state index is 0. The fraction of sp³-hybridized carbons (Fsp3) is 0.0476. The van der Waals surface area contributed by atoms with Crippen molar-refractivity contribution >= 4 is 35.1 Å². The van der Waals surface area contributed by atoms with E-state index >= 15 is 0 Å². The smallest absolute Gasteiger partial charge is 0.149 e. The summed E-state index contributed by atoms with van der Waals surface area (Å²) < 4.78 is 21.1. The second-order valence-electron chi connectivity index (χ2n) is 5.89. The molecule has 0 aliphatic rings. The summed E-state index contributed by atoms with van der Waals surface area (Å²) in [4.78, 5) is 7.61. The number of nitrogens with zero attached hydrogens (tertiary/aromatic N) is 3. The van der Waals surface area contributed by atoms with Crippen molar-refractivity contribution in [1.29, 1.82) is 5.26 Å². The number of H-pyrrole nitrogens is 1. The Morgan fingerprint density at radius 1 is 1.21 bits per heavy atom. The van der Waals surface area contributed by atoms with E-state index in [1.54, 1.807) is 48.2 Å². The van der Waals surface area contributed by atoms with Crippen LogP contribution in [0.15, 0.2) is 60.8 Å². The number of allylic oxidation sites excluding steroid dienone is 1. The summed E-state index contributed by atoms with van der Waals surface area (Å²) in [5, 5.41) is 9.63. The molecule has 2 aromatic heterocycles. The van der Waals surface area contributed by atoms with Crippen LogP contribution in [0.2, 0.25) is 0 Å². The maximum Gasteiger partial charge on any atom is 0.149 e. The summed E-state index contributed by atoms with van der Waals surface area (Å²) in [6.07, 6.45) is 3.43. The van der Waals surface area contributed by atoms with Gasteiger partial charge in [0.05, 0.1) is 29.4 Å². The summed E-state index contributed by atoms with van der Waals surface area (Å²) in [6, 6.07) is 17.7. The van der Waals surface area contributed by atoms with Crippen molar-refractivity contribution in [2.24, 2.45) is 0 Å². The number of fused-ring (bicyclic) bond motifs is 1. The third kappa shape index (κ3) is 3.48. The van der Waals surface area contributed by atoms with Gasteiger partial charge in [-0.3, -0.25) is 0 Å². The highest BCUT2D eigenvalue weighted by Crippen LogP contribution is 2.24.